The van der Waals surface area contributed by atoms with Crippen LogP contribution in [0.1, 0.15) is 92.5 Å². The first kappa shape index (κ1) is 34.0. The third-order valence-electron chi connectivity index (χ3n) is 11.5. The van der Waals surface area contributed by atoms with Crippen LogP contribution in [0.25, 0.3) is 22.2 Å². The molecule has 2 heterocycles. The van der Waals surface area contributed by atoms with E-state index >= 15 is 0 Å². The highest BCUT2D eigenvalue weighted by Crippen LogP contribution is 2.44. The summed E-state index contributed by atoms with van der Waals surface area (Å²) in [4.78, 5) is 46.3. The minimum atomic E-state index is -0.971. The van der Waals surface area contributed by atoms with Crippen molar-refractivity contribution in [1.29, 1.82) is 0 Å². The number of hydrogen-bond donors (Lipinski definition) is 2. The predicted octanol–water partition coefficient (Wildman–Crippen LogP) is 7.59. The zero-order valence-electron chi connectivity index (χ0n) is 29.6. The van der Waals surface area contributed by atoms with Gasteiger partial charge in [0.15, 0.2) is 0 Å². The van der Waals surface area contributed by atoms with Gasteiger partial charge in [-0.25, -0.2) is 0 Å². The topological polar surface area (TPSA) is 86.7 Å². The Morgan fingerprint density at radius 3 is 2.12 bits per heavy atom. The van der Waals surface area contributed by atoms with Crippen molar-refractivity contribution in [2.24, 2.45) is 0 Å². The van der Waals surface area contributed by atoms with Crippen LogP contribution >= 0.6 is 0 Å². The number of hydrogen-bond acceptors (Lipinski definition) is 4. The van der Waals surface area contributed by atoms with Gasteiger partial charge in [0, 0.05) is 35.8 Å². The maximum Gasteiger partial charge on any atom is 0.252 e. The fraction of sp³-hybridized carbons (Fsp3) is 0.452. The second-order valence-corrected chi connectivity index (χ2v) is 14.9. The van der Waals surface area contributed by atoms with Gasteiger partial charge in [-0.2, -0.15) is 0 Å². The number of carbonyl (C=O) groups is 3. The maximum atomic E-state index is 14.2. The Morgan fingerprint density at radius 1 is 0.800 bits per heavy atom. The summed E-state index contributed by atoms with van der Waals surface area (Å²) in [6, 6.07) is 26.3. The van der Waals surface area contributed by atoms with Gasteiger partial charge in [0.1, 0.15) is 12.1 Å². The molecule has 262 valence electrons. The van der Waals surface area contributed by atoms with Gasteiger partial charge in [-0.15, -0.1) is 0 Å². The summed E-state index contributed by atoms with van der Waals surface area (Å²) in [6.07, 6.45) is 10.8. The van der Waals surface area contributed by atoms with Crippen LogP contribution in [-0.4, -0.2) is 70.9 Å². The lowest BCUT2D eigenvalue weighted by Crippen LogP contribution is -2.55. The van der Waals surface area contributed by atoms with E-state index in [0.717, 1.165) is 79.5 Å². The fourth-order valence-corrected chi connectivity index (χ4v) is 8.71. The highest BCUT2D eigenvalue weighted by molar-refractivity contribution is 6.06. The molecule has 3 aliphatic rings. The molecule has 2 N–H and O–H groups in total. The van der Waals surface area contributed by atoms with Crippen LogP contribution in [0.4, 0.5) is 5.69 Å². The lowest BCUT2D eigenvalue weighted by atomic mass is 9.81. The number of nitrogens with zero attached hydrogens (tertiary/aromatic N) is 3. The number of amides is 3. The average Bonchev–Trinajstić information content (AvgIpc) is 3.76. The summed E-state index contributed by atoms with van der Waals surface area (Å²) < 4.78 is 2.19. The third kappa shape index (κ3) is 6.95. The van der Waals surface area contributed by atoms with E-state index in [0.29, 0.717) is 30.4 Å². The van der Waals surface area contributed by atoms with Gasteiger partial charge in [0.25, 0.3) is 5.91 Å². The molecule has 0 radical (unpaired) electrons. The van der Waals surface area contributed by atoms with Crippen molar-refractivity contribution < 1.29 is 14.4 Å². The highest BCUT2D eigenvalue weighted by atomic mass is 16.2. The SMILES string of the molecule is CN(C)C1CCN(C(=O)Cn2c(-c3ccccc3)c(C3CCCCC3)c3ccc(C(=O)NC4(C(=O)Nc5ccccc5)CCCC4)cc32)CC1. The van der Waals surface area contributed by atoms with Crippen molar-refractivity contribution in [2.45, 2.75) is 94.7 Å². The first-order valence-electron chi connectivity index (χ1n) is 18.7. The Kier molecular flexibility index (Phi) is 10.1. The molecule has 2 aliphatic carbocycles. The molecule has 7 rings (SSSR count). The largest absolute Gasteiger partial charge is 0.341 e. The summed E-state index contributed by atoms with van der Waals surface area (Å²) in [5.74, 6) is 0.0662. The summed E-state index contributed by atoms with van der Waals surface area (Å²) in [5.41, 5.74) is 4.64. The molecule has 3 fully saturated rings. The second-order valence-electron chi connectivity index (χ2n) is 14.9. The van der Waals surface area contributed by atoms with Gasteiger partial charge in [-0.3, -0.25) is 14.4 Å². The first-order chi connectivity index (χ1) is 24.3. The summed E-state index contributed by atoms with van der Waals surface area (Å²) in [6.45, 7) is 1.71. The Labute approximate surface area is 296 Å². The van der Waals surface area contributed by atoms with Crippen LogP contribution < -0.4 is 10.6 Å². The van der Waals surface area contributed by atoms with Gasteiger partial charge in [0.2, 0.25) is 11.8 Å². The average molecular weight is 674 g/mol. The van der Waals surface area contributed by atoms with Crippen molar-refractivity contribution in [3.8, 4) is 11.3 Å². The summed E-state index contributed by atoms with van der Waals surface area (Å²) in [7, 11) is 4.23. The van der Waals surface area contributed by atoms with E-state index in [1.165, 1.54) is 24.8 Å². The van der Waals surface area contributed by atoms with E-state index in [2.05, 4.69) is 64.5 Å². The Hall–Kier alpha value is -4.43. The second kappa shape index (κ2) is 14.8. The monoisotopic (exact) mass is 673 g/mol. The molecule has 4 aromatic rings. The number of aromatic nitrogens is 1. The highest BCUT2D eigenvalue weighted by Gasteiger charge is 2.43. The number of rotatable bonds is 9. The summed E-state index contributed by atoms with van der Waals surface area (Å²) in [5, 5.41) is 7.35. The molecule has 8 nitrogen and oxygen atoms in total. The fourth-order valence-electron chi connectivity index (χ4n) is 8.71. The van der Waals surface area contributed by atoms with Crippen molar-refractivity contribution in [3.63, 3.8) is 0 Å². The molecule has 0 unspecified atom stereocenters. The number of piperidine rings is 1. The molecule has 1 saturated heterocycles. The van der Waals surface area contributed by atoms with Crippen LogP contribution in [0.5, 0.6) is 0 Å². The number of anilines is 1. The Bertz CT molecular complexity index is 1810. The minimum absolute atomic E-state index is 0.115. The van der Waals surface area contributed by atoms with Crippen LogP contribution in [0.3, 0.4) is 0 Å². The number of nitrogens with one attached hydrogen (secondary N) is 2. The quantitative estimate of drug-likeness (QED) is 0.192. The van der Waals surface area contributed by atoms with E-state index in [1.54, 1.807) is 0 Å². The van der Waals surface area contributed by atoms with Crippen LogP contribution in [0.2, 0.25) is 0 Å². The smallest absolute Gasteiger partial charge is 0.252 e. The first-order valence-corrected chi connectivity index (χ1v) is 18.7. The van der Waals surface area contributed by atoms with Gasteiger partial charge in [0.05, 0.1) is 11.2 Å². The Morgan fingerprint density at radius 2 is 1.46 bits per heavy atom. The van der Waals surface area contributed by atoms with Gasteiger partial charge in [-0.05, 0) is 93.9 Å². The molecular weight excluding hydrogens is 622 g/mol. The van der Waals surface area contributed by atoms with Crippen LogP contribution in [-0.2, 0) is 16.1 Å². The zero-order valence-corrected chi connectivity index (χ0v) is 29.6. The normalized spacial score (nSPS) is 18.4. The van der Waals surface area contributed by atoms with Crippen LogP contribution in [0.15, 0.2) is 78.9 Å². The molecule has 0 spiro atoms. The number of fused-ring (bicyclic) bond motifs is 1. The van der Waals surface area contributed by atoms with E-state index in [9.17, 15) is 14.4 Å². The standard InChI is InChI=1S/C42H51N5O3/c1-45(2)34-22-26-46(27-23-34)37(48)29-47-36-28-32(40(49)44-42(24-12-13-25-42)41(50)43-33-18-10-5-11-19-33)20-21-35(36)38(30-14-6-3-7-15-30)39(47)31-16-8-4-9-17-31/h4-5,8-11,16-21,28,30,34H,3,6-7,12-15,22-27,29H2,1-2H3,(H,43,50)(H,44,49). The number of para-hydroxylation sites is 1. The molecule has 3 amide bonds. The lowest BCUT2D eigenvalue weighted by Gasteiger charge is -2.35. The molecule has 0 bridgehead atoms. The lowest BCUT2D eigenvalue weighted by molar-refractivity contribution is -0.133. The Balaban J connectivity index is 1.27. The van der Waals surface area contributed by atoms with Crippen molar-refractivity contribution >= 4 is 34.3 Å². The molecule has 50 heavy (non-hydrogen) atoms. The van der Waals surface area contributed by atoms with E-state index in [1.807, 2.05) is 53.4 Å². The molecule has 2 saturated carbocycles. The summed E-state index contributed by atoms with van der Waals surface area (Å²) >= 11 is 0. The van der Waals surface area contributed by atoms with Gasteiger partial charge in [-0.1, -0.05) is 86.7 Å². The van der Waals surface area contributed by atoms with E-state index in [4.69, 9.17) is 0 Å². The number of likely N-dealkylation sites (tertiary alicyclic amines) is 1. The van der Waals surface area contributed by atoms with Gasteiger partial charge < -0.3 is 25.0 Å². The number of carbonyl (C=O) groups excluding carboxylic acids is 3. The molecule has 3 aromatic carbocycles. The van der Waals surface area contributed by atoms with Crippen molar-refractivity contribution in [3.05, 3.63) is 90.0 Å². The van der Waals surface area contributed by atoms with E-state index in [-0.39, 0.29) is 24.3 Å². The van der Waals surface area contributed by atoms with Gasteiger partial charge >= 0.3 is 0 Å². The molecule has 8 heteroatoms. The van der Waals surface area contributed by atoms with Crippen molar-refractivity contribution in [1.82, 2.24) is 19.7 Å². The predicted molar refractivity (Wildman–Crippen MR) is 200 cm³/mol. The third-order valence-corrected chi connectivity index (χ3v) is 11.5. The molecule has 0 atom stereocenters. The number of benzene rings is 3. The maximum absolute atomic E-state index is 14.2. The van der Waals surface area contributed by atoms with Crippen molar-refractivity contribution in [2.75, 3.05) is 32.5 Å². The van der Waals surface area contributed by atoms with E-state index < -0.39 is 5.54 Å². The zero-order chi connectivity index (χ0) is 34.7. The molecule has 1 aromatic heterocycles. The molecule has 1 aliphatic heterocycles. The minimum Gasteiger partial charge on any atom is -0.341 e. The van der Waals surface area contributed by atoms with Crippen LogP contribution in [0, 0.1) is 0 Å². The molecular formula is C42H51N5O3.